The number of ketones is 1. The average Bonchev–Trinajstić information content (AvgIpc) is 2.88. The van der Waals surface area contributed by atoms with Crippen LogP contribution >= 0.6 is 0 Å². The van der Waals surface area contributed by atoms with Crippen LogP contribution in [0.1, 0.15) is 46.1 Å². The number of carbonyl (C=O) groups is 6. The Morgan fingerprint density at radius 2 is 1.39 bits per heavy atom. The van der Waals surface area contributed by atoms with E-state index in [4.69, 9.17) is 5.73 Å². The lowest BCUT2D eigenvalue weighted by Crippen LogP contribution is -2.56. The van der Waals surface area contributed by atoms with Gasteiger partial charge in [-0.3, -0.25) is 28.8 Å². The van der Waals surface area contributed by atoms with Crippen LogP contribution in [0, 0.1) is 5.92 Å². The van der Waals surface area contributed by atoms with Gasteiger partial charge in [0, 0.05) is 12.8 Å². The fraction of sp³-hybridized carbons (Fsp3) is 0.538. The molecule has 210 valence electrons. The molecule has 0 aliphatic carbocycles. The summed E-state index contributed by atoms with van der Waals surface area (Å²) < 4.78 is 0. The fourth-order valence-corrected chi connectivity index (χ4v) is 3.57. The van der Waals surface area contributed by atoms with Crippen molar-refractivity contribution < 1.29 is 28.8 Å². The number of benzene rings is 1. The Bertz CT molecular complexity index is 968. The van der Waals surface area contributed by atoms with E-state index >= 15 is 0 Å². The van der Waals surface area contributed by atoms with Gasteiger partial charge in [0.2, 0.25) is 29.5 Å². The zero-order valence-corrected chi connectivity index (χ0v) is 22.5. The third-order valence-corrected chi connectivity index (χ3v) is 5.63. The number of nitrogens with two attached hydrogens (primary N) is 1. The van der Waals surface area contributed by atoms with Crippen molar-refractivity contribution in [1.82, 2.24) is 26.6 Å². The van der Waals surface area contributed by atoms with Crippen molar-refractivity contribution in [2.24, 2.45) is 11.7 Å². The minimum atomic E-state index is -1.07. The number of hydrogen-bond donors (Lipinski definition) is 6. The van der Waals surface area contributed by atoms with Gasteiger partial charge >= 0.3 is 0 Å². The molecular formula is C26H40N6O6. The third kappa shape index (κ3) is 12.0. The summed E-state index contributed by atoms with van der Waals surface area (Å²) in [5, 5.41) is 12.7. The summed E-state index contributed by atoms with van der Waals surface area (Å²) in [5.74, 6) is -3.01. The van der Waals surface area contributed by atoms with Crippen LogP contribution in [-0.4, -0.2) is 73.1 Å². The quantitative estimate of drug-likeness (QED) is 0.156. The molecule has 0 aliphatic heterocycles. The highest BCUT2D eigenvalue weighted by Gasteiger charge is 2.27. The topological polar surface area (TPSA) is 189 Å². The first-order valence-corrected chi connectivity index (χ1v) is 12.7. The summed E-state index contributed by atoms with van der Waals surface area (Å²) in [7, 11) is 0. The second kappa shape index (κ2) is 16.8. The Balaban J connectivity index is 2.87. The van der Waals surface area contributed by atoms with Crippen molar-refractivity contribution in [3.8, 4) is 0 Å². The highest BCUT2D eigenvalue weighted by molar-refractivity contribution is 5.95. The maximum Gasteiger partial charge on any atom is 0.243 e. The van der Waals surface area contributed by atoms with Gasteiger partial charge in [-0.2, -0.15) is 0 Å². The Kier molecular flexibility index (Phi) is 14.3. The molecule has 0 heterocycles. The molecule has 12 nitrogen and oxygen atoms in total. The van der Waals surface area contributed by atoms with Gasteiger partial charge < -0.3 is 32.3 Å². The number of Topliss-reactive ketones (excluding diaryl/α,β-unsaturated/α-hetero) is 1. The van der Waals surface area contributed by atoms with Gasteiger partial charge in [0.1, 0.15) is 12.1 Å². The Morgan fingerprint density at radius 3 is 1.95 bits per heavy atom. The van der Waals surface area contributed by atoms with Crippen molar-refractivity contribution in [2.75, 3.05) is 19.6 Å². The van der Waals surface area contributed by atoms with Crippen LogP contribution in [0.3, 0.4) is 0 Å². The molecule has 7 N–H and O–H groups in total. The number of hydrogen-bond acceptors (Lipinski definition) is 7. The number of nitrogens with one attached hydrogen (secondary N) is 5. The predicted molar refractivity (Wildman–Crippen MR) is 141 cm³/mol. The van der Waals surface area contributed by atoms with E-state index in [0.29, 0.717) is 0 Å². The van der Waals surface area contributed by atoms with E-state index in [2.05, 4.69) is 26.6 Å². The van der Waals surface area contributed by atoms with Gasteiger partial charge in [-0.1, -0.05) is 51.1 Å². The zero-order chi connectivity index (χ0) is 28.7. The zero-order valence-electron chi connectivity index (χ0n) is 22.5. The van der Waals surface area contributed by atoms with E-state index in [-0.39, 0.29) is 50.0 Å². The molecule has 3 unspecified atom stereocenters. The molecule has 0 aliphatic rings. The van der Waals surface area contributed by atoms with E-state index in [9.17, 15) is 28.8 Å². The van der Waals surface area contributed by atoms with E-state index in [0.717, 1.165) is 5.56 Å². The molecule has 1 aromatic rings. The van der Waals surface area contributed by atoms with E-state index in [1.807, 2.05) is 6.07 Å². The Morgan fingerprint density at radius 1 is 0.789 bits per heavy atom. The van der Waals surface area contributed by atoms with Crippen LogP contribution < -0.4 is 32.3 Å². The molecule has 12 heteroatoms. The van der Waals surface area contributed by atoms with Crippen LogP contribution in [0.15, 0.2) is 30.3 Å². The van der Waals surface area contributed by atoms with Gasteiger partial charge in [-0.05, 0) is 31.4 Å². The molecule has 0 spiro atoms. The second-order valence-corrected chi connectivity index (χ2v) is 9.20. The van der Waals surface area contributed by atoms with Gasteiger partial charge in [0.15, 0.2) is 5.78 Å². The lowest BCUT2D eigenvalue weighted by Gasteiger charge is -2.23. The normalized spacial score (nSPS) is 13.0. The lowest BCUT2D eigenvalue weighted by atomic mass is 10.0. The first kappa shape index (κ1) is 32.2. The Labute approximate surface area is 223 Å². The summed E-state index contributed by atoms with van der Waals surface area (Å²) in [6, 6.07) is 6.20. The highest BCUT2D eigenvalue weighted by Crippen LogP contribution is 2.05. The molecule has 0 radical (unpaired) electrons. The molecule has 38 heavy (non-hydrogen) atoms. The van der Waals surface area contributed by atoms with Crippen LogP contribution in [0.25, 0.3) is 0 Å². The standard InChI is InChI=1S/C26H40N6O6/c1-5-21(34)28-14-22(35)30-20(13-18-9-7-6-8-10-18)26(38)31-19(11-12-27)25(37)29-15-23(36)32-24(16(2)3)17(4)33/h6-10,16,19-20,24H,5,11-15,27H2,1-4H3,(H,28,34)(H,29,37)(H,30,35)(H,31,38)(H,32,36). The first-order chi connectivity index (χ1) is 18.0. The van der Waals surface area contributed by atoms with Gasteiger partial charge in [0.25, 0.3) is 0 Å². The molecule has 3 atom stereocenters. The fourth-order valence-electron chi connectivity index (χ4n) is 3.57. The second-order valence-electron chi connectivity index (χ2n) is 9.20. The maximum atomic E-state index is 13.1. The largest absolute Gasteiger partial charge is 0.347 e. The maximum absolute atomic E-state index is 13.1. The number of carbonyl (C=O) groups excluding carboxylic acids is 6. The molecular weight excluding hydrogens is 492 g/mol. The van der Waals surface area contributed by atoms with Crippen LogP contribution in [0.4, 0.5) is 0 Å². The number of amides is 5. The summed E-state index contributed by atoms with van der Waals surface area (Å²) >= 11 is 0. The van der Waals surface area contributed by atoms with Crippen LogP contribution in [-0.2, 0) is 35.2 Å². The minimum absolute atomic E-state index is 0.0725. The molecule has 0 saturated carbocycles. The van der Waals surface area contributed by atoms with Crippen molar-refractivity contribution in [1.29, 1.82) is 0 Å². The molecule has 0 aromatic heterocycles. The van der Waals surface area contributed by atoms with Crippen molar-refractivity contribution in [3.63, 3.8) is 0 Å². The predicted octanol–water partition coefficient (Wildman–Crippen LogP) is -1.08. The van der Waals surface area contributed by atoms with E-state index < -0.39 is 48.3 Å². The SMILES string of the molecule is CCC(=O)NCC(=O)NC(Cc1ccccc1)C(=O)NC(CCN)C(=O)NCC(=O)NC(C(C)=O)C(C)C. The molecule has 0 fully saturated rings. The first-order valence-electron chi connectivity index (χ1n) is 12.7. The monoisotopic (exact) mass is 532 g/mol. The van der Waals surface area contributed by atoms with E-state index in [1.165, 1.54) is 6.92 Å². The molecule has 0 saturated heterocycles. The van der Waals surface area contributed by atoms with Crippen molar-refractivity contribution in [3.05, 3.63) is 35.9 Å². The van der Waals surface area contributed by atoms with Gasteiger partial charge in [-0.25, -0.2) is 0 Å². The lowest BCUT2D eigenvalue weighted by molar-refractivity contribution is -0.133. The summed E-state index contributed by atoms with van der Waals surface area (Å²) in [5.41, 5.74) is 6.41. The molecule has 5 amide bonds. The van der Waals surface area contributed by atoms with E-state index in [1.54, 1.807) is 45.0 Å². The highest BCUT2D eigenvalue weighted by atomic mass is 16.2. The summed E-state index contributed by atoms with van der Waals surface area (Å²) in [6.07, 6.45) is 0.433. The van der Waals surface area contributed by atoms with Crippen molar-refractivity contribution >= 4 is 35.3 Å². The average molecular weight is 533 g/mol. The van der Waals surface area contributed by atoms with Gasteiger partial charge in [0.05, 0.1) is 19.1 Å². The van der Waals surface area contributed by atoms with Gasteiger partial charge in [-0.15, -0.1) is 0 Å². The summed E-state index contributed by atoms with van der Waals surface area (Å²) in [4.78, 5) is 73.8. The smallest absolute Gasteiger partial charge is 0.243 e. The summed E-state index contributed by atoms with van der Waals surface area (Å²) in [6.45, 7) is 5.98. The molecule has 0 bridgehead atoms. The molecule has 1 rings (SSSR count). The molecule has 1 aromatic carbocycles. The number of rotatable bonds is 16. The van der Waals surface area contributed by atoms with Crippen molar-refractivity contribution in [2.45, 2.75) is 65.1 Å². The Hall–Kier alpha value is -3.80. The van der Waals surface area contributed by atoms with Crippen LogP contribution in [0.5, 0.6) is 0 Å². The minimum Gasteiger partial charge on any atom is -0.347 e. The third-order valence-electron chi connectivity index (χ3n) is 5.63. The van der Waals surface area contributed by atoms with Crippen LogP contribution in [0.2, 0.25) is 0 Å².